The van der Waals surface area contributed by atoms with Crippen molar-refractivity contribution >= 4 is 39.8 Å². The molecule has 1 heterocycles. The van der Waals surface area contributed by atoms with Gasteiger partial charge in [-0.3, -0.25) is 10.1 Å². The first-order valence-electron chi connectivity index (χ1n) is 4.08. The maximum absolute atomic E-state index is 13.1. The van der Waals surface area contributed by atoms with Crippen LogP contribution in [0.25, 0.3) is 10.9 Å². The van der Waals surface area contributed by atoms with Gasteiger partial charge >= 0.3 is 5.69 Å². The lowest BCUT2D eigenvalue weighted by atomic mass is 10.2. The van der Waals surface area contributed by atoms with Gasteiger partial charge in [0.25, 0.3) is 0 Å². The summed E-state index contributed by atoms with van der Waals surface area (Å²) in [6.07, 6.45) is 0.994. The molecule has 82 valence electrons. The summed E-state index contributed by atoms with van der Waals surface area (Å²) >= 11 is 11.5. The number of aromatic nitrogens is 1. The minimum absolute atomic E-state index is 0.0618. The Bertz CT molecular complexity index is 604. The number of pyridine rings is 1. The summed E-state index contributed by atoms with van der Waals surface area (Å²) in [5.74, 6) is -0.623. The Morgan fingerprint density at radius 2 is 2.06 bits per heavy atom. The van der Waals surface area contributed by atoms with Gasteiger partial charge in [0.1, 0.15) is 17.0 Å². The lowest BCUT2D eigenvalue weighted by Gasteiger charge is -2.02. The van der Waals surface area contributed by atoms with Crippen molar-refractivity contribution < 1.29 is 9.31 Å². The number of hydrogen-bond donors (Lipinski definition) is 0. The van der Waals surface area contributed by atoms with Crippen LogP contribution in [0, 0.1) is 15.9 Å². The zero-order chi connectivity index (χ0) is 11.9. The van der Waals surface area contributed by atoms with Gasteiger partial charge in [0.15, 0.2) is 0 Å². The van der Waals surface area contributed by atoms with Gasteiger partial charge in [0.2, 0.25) is 0 Å². The molecule has 0 atom stereocenters. The third-order valence-corrected chi connectivity index (χ3v) is 2.69. The topological polar surface area (TPSA) is 56.0 Å². The normalized spacial score (nSPS) is 10.7. The Hall–Kier alpha value is -1.46. The molecule has 7 heteroatoms. The highest BCUT2D eigenvalue weighted by Crippen LogP contribution is 2.34. The molecule has 4 nitrogen and oxygen atoms in total. The first-order valence-corrected chi connectivity index (χ1v) is 4.84. The van der Waals surface area contributed by atoms with Crippen molar-refractivity contribution in [3.05, 3.63) is 44.3 Å². The summed E-state index contributed by atoms with van der Waals surface area (Å²) in [4.78, 5) is 13.7. The fourth-order valence-corrected chi connectivity index (χ4v) is 1.83. The van der Waals surface area contributed by atoms with Gasteiger partial charge in [-0.2, -0.15) is 0 Å². The van der Waals surface area contributed by atoms with E-state index in [4.69, 9.17) is 23.2 Å². The Labute approximate surface area is 98.8 Å². The molecule has 0 N–H and O–H groups in total. The average molecular weight is 261 g/mol. The van der Waals surface area contributed by atoms with Gasteiger partial charge in [-0.1, -0.05) is 23.2 Å². The van der Waals surface area contributed by atoms with Crippen molar-refractivity contribution in [2.45, 2.75) is 0 Å². The highest BCUT2D eigenvalue weighted by Gasteiger charge is 2.18. The standard InChI is InChI=1S/C9H3Cl2FN2O2/c10-6-2-4(12)1-5-8(11)7(14(15)16)3-13-9(5)6/h1-3H. The second-order valence-corrected chi connectivity index (χ2v) is 3.78. The maximum atomic E-state index is 13.1. The average Bonchev–Trinajstić information content (AvgIpc) is 2.19. The van der Waals surface area contributed by atoms with Crippen molar-refractivity contribution in [1.82, 2.24) is 4.98 Å². The van der Waals surface area contributed by atoms with Crippen LogP contribution in [0.3, 0.4) is 0 Å². The van der Waals surface area contributed by atoms with Crippen molar-refractivity contribution in [3.63, 3.8) is 0 Å². The van der Waals surface area contributed by atoms with Crippen LogP contribution in [-0.2, 0) is 0 Å². The third-order valence-electron chi connectivity index (χ3n) is 2.00. The molecule has 0 fully saturated rings. The number of hydrogen-bond acceptors (Lipinski definition) is 3. The maximum Gasteiger partial charge on any atom is 0.306 e. The summed E-state index contributed by atoms with van der Waals surface area (Å²) < 4.78 is 13.1. The van der Waals surface area contributed by atoms with Gasteiger partial charge < -0.3 is 0 Å². The Morgan fingerprint density at radius 1 is 1.38 bits per heavy atom. The molecule has 0 spiro atoms. The third kappa shape index (κ3) is 1.68. The van der Waals surface area contributed by atoms with Gasteiger partial charge in [0.05, 0.1) is 15.5 Å². The Balaban J connectivity index is 2.89. The van der Waals surface area contributed by atoms with Crippen LogP contribution in [0.4, 0.5) is 10.1 Å². The fraction of sp³-hybridized carbons (Fsp3) is 0. The van der Waals surface area contributed by atoms with Crippen LogP contribution < -0.4 is 0 Å². The monoisotopic (exact) mass is 260 g/mol. The summed E-state index contributed by atoms with van der Waals surface area (Å²) in [6, 6.07) is 2.13. The molecule has 1 aromatic carbocycles. The van der Waals surface area contributed by atoms with Crippen LogP contribution in [0.2, 0.25) is 10.0 Å². The number of nitrogens with zero attached hydrogens (tertiary/aromatic N) is 2. The Morgan fingerprint density at radius 3 is 2.69 bits per heavy atom. The number of nitro groups is 1. The number of benzene rings is 1. The van der Waals surface area contributed by atoms with Crippen LogP contribution in [0.1, 0.15) is 0 Å². The molecular weight excluding hydrogens is 258 g/mol. The van der Waals surface area contributed by atoms with E-state index in [1.54, 1.807) is 0 Å². The minimum Gasteiger partial charge on any atom is -0.258 e. The SMILES string of the molecule is O=[N+]([O-])c1cnc2c(Cl)cc(F)cc2c1Cl. The molecule has 0 saturated carbocycles. The van der Waals surface area contributed by atoms with Crippen LogP contribution in [0.15, 0.2) is 18.3 Å². The molecule has 0 aliphatic carbocycles. The van der Waals surface area contributed by atoms with E-state index in [9.17, 15) is 14.5 Å². The zero-order valence-corrected chi connectivity index (χ0v) is 9.09. The molecule has 1 aromatic heterocycles. The van der Waals surface area contributed by atoms with E-state index < -0.39 is 10.7 Å². The van der Waals surface area contributed by atoms with Crippen LogP contribution in [-0.4, -0.2) is 9.91 Å². The quantitative estimate of drug-likeness (QED) is 0.582. The molecule has 0 aliphatic heterocycles. The number of halogens is 3. The zero-order valence-electron chi connectivity index (χ0n) is 7.58. The van der Waals surface area contributed by atoms with E-state index in [0.29, 0.717) is 0 Å². The number of rotatable bonds is 1. The second-order valence-electron chi connectivity index (χ2n) is 3.00. The van der Waals surface area contributed by atoms with Crippen LogP contribution in [0.5, 0.6) is 0 Å². The van der Waals surface area contributed by atoms with Crippen molar-refractivity contribution in [2.24, 2.45) is 0 Å². The first-order chi connectivity index (χ1) is 7.50. The summed E-state index contributed by atoms with van der Waals surface area (Å²) in [6.45, 7) is 0. The largest absolute Gasteiger partial charge is 0.306 e. The van der Waals surface area contributed by atoms with Crippen LogP contribution >= 0.6 is 23.2 Å². The molecule has 0 radical (unpaired) electrons. The molecule has 2 rings (SSSR count). The number of fused-ring (bicyclic) bond motifs is 1. The smallest absolute Gasteiger partial charge is 0.258 e. The highest BCUT2D eigenvalue weighted by molar-refractivity contribution is 6.40. The van der Waals surface area contributed by atoms with Gasteiger partial charge in [0, 0.05) is 5.39 Å². The fourth-order valence-electron chi connectivity index (χ4n) is 1.31. The molecule has 0 aliphatic rings. The predicted octanol–water partition coefficient (Wildman–Crippen LogP) is 3.59. The van der Waals surface area contributed by atoms with Crippen molar-refractivity contribution in [2.75, 3.05) is 0 Å². The van der Waals surface area contributed by atoms with E-state index >= 15 is 0 Å². The van der Waals surface area contributed by atoms with E-state index in [1.807, 2.05) is 0 Å². The summed E-state index contributed by atoms with van der Waals surface area (Å²) in [7, 11) is 0. The lowest BCUT2D eigenvalue weighted by molar-refractivity contribution is -0.384. The van der Waals surface area contributed by atoms with Gasteiger partial charge in [-0.05, 0) is 12.1 Å². The summed E-state index contributed by atoms with van der Waals surface area (Å²) in [5.41, 5.74) is -0.144. The molecule has 0 amide bonds. The van der Waals surface area contributed by atoms with E-state index in [0.717, 1.165) is 18.3 Å². The van der Waals surface area contributed by atoms with E-state index in [-0.39, 0.29) is 26.6 Å². The van der Waals surface area contributed by atoms with Crippen molar-refractivity contribution in [1.29, 1.82) is 0 Å². The Kier molecular flexibility index (Phi) is 2.65. The van der Waals surface area contributed by atoms with E-state index in [2.05, 4.69) is 4.98 Å². The molecular formula is C9H3Cl2FN2O2. The molecule has 0 unspecified atom stereocenters. The molecule has 2 aromatic rings. The van der Waals surface area contributed by atoms with Gasteiger partial charge in [-0.15, -0.1) is 0 Å². The molecule has 0 bridgehead atoms. The predicted molar refractivity (Wildman–Crippen MR) is 58.4 cm³/mol. The summed E-state index contributed by atoms with van der Waals surface area (Å²) in [5, 5.41) is 10.6. The molecule has 0 saturated heterocycles. The molecule has 16 heavy (non-hydrogen) atoms. The minimum atomic E-state index is -0.687. The lowest BCUT2D eigenvalue weighted by Crippen LogP contribution is -1.93. The first kappa shape index (κ1) is 11.0. The van der Waals surface area contributed by atoms with Gasteiger partial charge in [-0.25, -0.2) is 9.37 Å². The van der Waals surface area contributed by atoms with E-state index in [1.165, 1.54) is 0 Å². The van der Waals surface area contributed by atoms with Crippen molar-refractivity contribution in [3.8, 4) is 0 Å². The highest BCUT2D eigenvalue weighted by atomic mass is 35.5. The second kappa shape index (κ2) is 3.84.